The quantitative estimate of drug-likeness (QED) is 0.623. The van der Waals surface area contributed by atoms with E-state index in [0.717, 1.165) is 6.42 Å². The van der Waals surface area contributed by atoms with E-state index in [4.69, 9.17) is 0 Å². The molecule has 2 aliphatic carbocycles. The van der Waals surface area contributed by atoms with E-state index < -0.39 is 0 Å². The van der Waals surface area contributed by atoms with Crippen molar-refractivity contribution in [2.24, 2.45) is 23.7 Å². The average Bonchev–Trinajstić information content (AvgIpc) is 3.42. The van der Waals surface area contributed by atoms with Crippen LogP contribution in [0.1, 0.15) is 22.3 Å². The maximum atomic E-state index is 12.9. The number of nitrogens with one attached hydrogen (secondary N) is 1. The lowest BCUT2D eigenvalue weighted by molar-refractivity contribution is -0.123. The van der Waals surface area contributed by atoms with Crippen LogP contribution in [-0.2, 0) is 16.2 Å². The van der Waals surface area contributed by atoms with E-state index in [1.54, 1.807) is 48.5 Å². The van der Waals surface area contributed by atoms with Crippen LogP contribution in [0.15, 0.2) is 60.7 Å². The molecule has 2 N–H and O–H groups in total. The van der Waals surface area contributed by atoms with Crippen molar-refractivity contribution in [3.05, 3.63) is 71.8 Å². The molecule has 2 bridgehead atoms. The highest BCUT2D eigenvalue weighted by Gasteiger charge is 2.59. The van der Waals surface area contributed by atoms with Crippen LogP contribution in [0.2, 0.25) is 0 Å². The molecule has 2 aromatic rings. The molecule has 5 rings (SSSR count). The van der Waals surface area contributed by atoms with E-state index in [1.165, 1.54) is 4.90 Å². The standard InChI is InChI=1S/C23H20N2O4/c26-12-16-3-1-2-4-18(16)24-21(27)13-7-9-17(10-8-13)25-22(28)19-14-5-6-15(11-14)20(19)23(25)29/h1-10,14-15,19-20,26H,11-12H2,(H,24,27)/t14-,15-,19+,20+/m0/s1. The monoisotopic (exact) mass is 388 g/mol. The predicted octanol–water partition coefficient (Wildman–Crippen LogP) is 2.74. The minimum atomic E-state index is -0.323. The van der Waals surface area contributed by atoms with Gasteiger partial charge in [0.15, 0.2) is 0 Å². The molecule has 2 fully saturated rings. The number of allylic oxidation sites excluding steroid dienone is 2. The molecule has 0 unspecified atom stereocenters. The van der Waals surface area contributed by atoms with Gasteiger partial charge in [-0.1, -0.05) is 30.4 Å². The number of para-hydroxylation sites is 1. The van der Waals surface area contributed by atoms with E-state index >= 15 is 0 Å². The van der Waals surface area contributed by atoms with Crippen molar-refractivity contribution >= 4 is 29.1 Å². The third-order valence-electron chi connectivity index (χ3n) is 6.29. The third kappa shape index (κ3) is 2.71. The Hall–Kier alpha value is -3.25. The smallest absolute Gasteiger partial charge is 0.255 e. The van der Waals surface area contributed by atoms with Crippen molar-refractivity contribution < 1.29 is 19.5 Å². The number of carbonyl (C=O) groups is 3. The molecule has 2 aromatic carbocycles. The predicted molar refractivity (Wildman–Crippen MR) is 107 cm³/mol. The normalized spacial score (nSPS) is 26.9. The first-order valence-electron chi connectivity index (χ1n) is 9.75. The van der Waals surface area contributed by atoms with Gasteiger partial charge in [0.2, 0.25) is 11.8 Å². The number of carbonyl (C=O) groups excluding carboxylic acids is 3. The molecule has 1 saturated carbocycles. The molecule has 3 aliphatic rings. The number of hydrogen-bond donors (Lipinski definition) is 2. The summed E-state index contributed by atoms with van der Waals surface area (Å²) in [5, 5.41) is 12.2. The molecule has 0 radical (unpaired) electrons. The number of nitrogens with zero attached hydrogens (tertiary/aromatic N) is 1. The van der Waals surface area contributed by atoms with Crippen LogP contribution in [-0.4, -0.2) is 22.8 Å². The summed E-state index contributed by atoms with van der Waals surface area (Å²) in [5.74, 6) is -0.732. The van der Waals surface area contributed by atoms with Crippen molar-refractivity contribution in [3.63, 3.8) is 0 Å². The van der Waals surface area contributed by atoms with E-state index in [9.17, 15) is 19.5 Å². The van der Waals surface area contributed by atoms with Gasteiger partial charge < -0.3 is 10.4 Å². The summed E-state index contributed by atoms with van der Waals surface area (Å²) in [6.45, 7) is -0.173. The molecular weight excluding hydrogens is 368 g/mol. The molecule has 0 spiro atoms. The zero-order valence-electron chi connectivity index (χ0n) is 15.6. The molecule has 1 aliphatic heterocycles. The molecular formula is C23H20N2O4. The zero-order chi connectivity index (χ0) is 20.1. The second-order valence-corrected chi connectivity index (χ2v) is 7.83. The van der Waals surface area contributed by atoms with E-state index in [0.29, 0.717) is 22.5 Å². The Labute approximate surface area is 167 Å². The van der Waals surface area contributed by atoms with Crippen molar-refractivity contribution in [2.75, 3.05) is 10.2 Å². The summed E-state index contributed by atoms with van der Waals surface area (Å²) in [6, 6.07) is 13.5. The van der Waals surface area contributed by atoms with Crippen molar-refractivity contribution in [1.82, 2.24) is 0 Å². The van der Waals surface area contributed by atoms with Gasteiger partial charge in [0.1, 0.15) is 0 Å². The summed E-state index contributed by atoms with van der Waals surface area (Å²) in [7, 11) is 0. The Morgan fingerprint density at radius 3 is 2.21 bits per heavy atom. The number of hydrogen-bond acceptors (Lipinski definition) is 4. The molecule has 6 nitrogen and oxygen atoms in total. The number of amides is 3. The van der Waals surface area contributed by atoms with E-state index in [-0.39, 0.29) is 48.0 Å². The Bertz CT molecular complexity index is 1010. The number of anilines is 2. The highest BCUT2D eigenvalue weighted by molar-refractivity contribution is 6.23. The number of aliphatic hydroxyl groups is 1. The van der Waals surface area contributed by atoms with Gasteiger partial charge in [-0.2, -0.15) is 0 Å². The summed E-state index contributed by atoms with van der Waals surface area (Å²) in [5.41, 5.74) is 2.08. The van der Waals surface area contributed by atoms with Crippen LogP contribution in [0.25, 0.3) is 0 Å². The Kier molecular flexibility index (Phi) is 4.10. The fourth-order valence-corrected chi connectivity index (χ4v) is 4.89. The summed E-state index contributed by atoms with van der Waals surface area (Å²) in [4.78, 5) is 39.6. The Balaban J connectivity index is 1.35. The van der Waals surface area contributed by atoms with Crippen LogP contribution in [0.3, 0.4) is 0 Å². The third-order valence-corrected chi connectivity index (χ3v) is 6.29. The highest BCUT2D eigenvalue weighted by atomic mass is 16.3. The Morgan fingerprint density at radius 2 is 1.59 bits per heavy atom. The molecule has 1 saturated heterocycles. The molecule has 4 atom stereocenters. The molecule has 1 heterocycles. The molecule has 3 amide bonds. The van der Waals surface area contributed by atoms with Crippen LogP contribution < -0.4 is 10.2 Å². The van der Waals surface area contributed by atoms with Gasteiger partial charge in [0, 0.05) is 16.8 Å². The number of benzene rings is 2. The van der Waals surface area contributed by atoms with E-state index in [2.05, 4.69) is 17.5 Å². The van der Waals surface area contributed by atoms with Crippen molar-refractivity contribution in [1.29, 1.82) is 0 Å². The van der Waals surface area contributed by atoms with Crippen molar-refractivity contribution in [2.45, 2.75) is 13.0 Å². The second kappa shape index (κ2) is 6.67. The van der Waals surface area contributed by atoms with Gasteiger partial charge in [0.25, 0.3) is 5.91 Å². The maximum absolute atomic E-state index is 12.9. The molecule has 6 heteroatoms. The Morgan fingerprint density at radius 1 is 0.966 bits per heavy atom. The number of aliphatic hydroxyl groups excluding tert-OH is 1. The van der Waals surface area contributed by atoms with Gasteiger partial charge in [-0.25, -0.2) is 0 Å². The number of imide groups is 1. The lowest BCUT2D eigenvalue weighted by atomic mass is 9.85. The van der Waals surface area contributed by atoms with Gasteiger partial charge in [-0.05, 0) is 48.6 Å². The lowest BCUT2D eigenvalue weighted by Gasteiger charge is -2.17. The largest absolute Gasteiger partial charge is 0.392 e. The van der Waals surface area contributed by atoms with Gasteiger partial charge in [-0.3, -0.25) is 19.3 Å². The van der Waals surface area contributed by atoms with Crippen molar-refractivity contribution in [3.8, 4) is 0 Å². The first kappa shape index (κ1) is 17.8. The first-order valence-corrected chi connectivity index (χ1v) is 9.75. The SMILES string of the molecule is O=C(Nc1ccccc1CO)c1ccc(N2C(=O)[C@H]3[C@H](C2=O)[C@H]2C=C[C@H]3C2)cc1. The van der Waals surface area contributed by atoms with Gasteiger partial charge in [0.05, 0.1) is 24.1 Å². The fraction of sp³-hybridized carbons (Fsp3) is 0.261. The summed E-state index contributed by atoms with van der Waals surface area (Å²) >= 11 is 0. The molecule has 146 valence electrons. The molecule has 0 aromatic heterocycles. The minimum absolute atomic E-state index is 0.133. The average molecular weight is 388 g/mol. The number of rotatable bonds is 4. The maximum Gasteiger partial charge on any atom is 0.255 e. The second-order valence-electron chi connectivity index (χ2n) is 7.83. The highest BCUT2D eigenvalue weighted by Crippen LogP contribution is 2.53. The zero-order valence-corrected chi connectivity index (χ0v) is 15.6. The minimum Gasteiger partial charge on any atom is -0.392 e. The van der Waals surface area contributed by atoms with Crippen LogP contribution in [0, 0.1) is 23.7 Å². The first-order chi connectivity index (χ1) is 14.1. The van der Waals surface area contributed by atoms with Gasteiger partial charge in [-0.15, -0.1) is 0 Å². The summed E-state index contributed by atoms with van der Waals surface area (Å²) < 4.78 is 0. The summed E-state index contributed by atoms with van der Waals surface area (Å²) in [6.07, 6.45) is 5.03. The lowest BCUT2D eigenvalue weighted by Crippen LogP contribution is -2.32. The van der Waals surface area contributed by atoms with E-state index in [1.807, 2.05) is 0 Å². The van der Waals surface area contributed by atoms with Crippen LogP contribution in [0.4, 0.5) is 11.4 Å². The topological polar surface area (TPSA) is 86.7 Å². The fourth-order valence-electron chi connectivity index (χ4n) is 4.89. The van der Waals surface area contributed by atoms with Crippen LogP contribution >= 0.6 is 0 Å². The number of fused-ring (bicyclic) bond motifs is 5. The molecule has 29 heavy (non-hydrogen) atoms. The van der Waals surface area contributed by atoms with Crippen LogP contribution in [0.5, 0.6) is 0 Å². The van der Waals surface area contributed by atoms with Gasteiger partial charge >= 0.3 is 0 Å².